The summed E-state index contributed by atoms with van der Waals surface area (Å²) in [6, 6.07) is 3.46. The van der Waals surface area contributed by atoms with Crippen LogP contribution in [-0.2, 0) is 0 Å². The molecule has 0 saturated heterocycles. The van der Waals surface area contributed by atoms with Gasteiger partial charge in [-0.25, -0.2) is 14.4 Å². The number of rotatable bonds is 2. The van der Waals surface area contributed by atoms with E-state index in [1.807, 2.05) is 0 Å². The first kappa shape index (κ1) is 12.7. The average Bonchev–Trinajstić information content (AvgIpc) is 2.28. The Morgan fingerprint density at radius 3 is 2.61 bits per heavy atom. The topological polar surface area (TPSA) is 68.9 Å². The Morgan fingerprint density at radius 2 is 2.00 bits per heavy atom. The van der Waals surface area contributed by atoms with Crippen LogP contribution in [-0.4, -0.2) is 14.9 Å². The third-order valence-electron chi connectivity index (χ3n) is 2.15. The predicted molar refractivity (Wildman–Crippen MR) is 64.1 cm³/mol. The normalized spacial score (nSPS) is 10.4. The fourth-order valence-corrected chi connectivity index (χ4v) is 1.86. The summed E-state index contributed by atoms with van der Waals surface area (Å²) in [4.78, 5) is 17.5. The lowest BCUT2D eigenvalue weighted by atomic mass is 10.1. The molecule has 0 bridgehead atoms. The standard InChI is InChI=1S/C10H4Cl2FN3O2/c11-7-3-5(13)1-2-6(7)8-9(16(17)18)10(12)15-4-14-8/h1-4H. The summed E-state index contributed by atoms with van der Waals surface area (Å²) in [5.41, 5.74) is -0.299. The summed E-state index contributed by atoms with van der Waals surface area (Å²) in [6.45, 7) is 0. The van der Waals surface area contributed by atoms with Gasteiger partial charge in [0.25, 0.3) is 0 Å². The minimum Gasteiger partial charge on any atom is -0.258 e. The molecule has 18 heavy (non-hydrogen) atoms. The fourth-order valence-electron chi connectivity index (χ4n) is 1.40. The minimum absolute atomic E-state index is 0.00728. The lowest BCUT2D eigenvalue weighted by molar-refractivity contribution is -0.384. The van der Waals surface area contributed by atoms with Crippen LogP contribution in [0.3, 0.4) is 0 Å². The summed E-state index contributed by atoms with van der Waals surface area (Å²) in [5.74, 6) is -0.549. The highest BCUT2D eigenvalue weighted by Gasteiger charge is 2.24. The lowest BCUT2D eigenvalue weighted by Gasteiger charge is -2.04. The molecule has 0 aliphatic heterocycles. The first-order chi connectivity index (χ1) is 8.50. The Hall–Kier alpha value is -1.79. The first-order valence-corrected chi connectivity index (χ1v) is 5.36. The van der Waals surface area contributed by atoms with E-state index in [9.17, 15) is 14.5 Å². The second-order valence-electron chi connectivity index (χ2n) is 3.24. The zero-order valence-electron chi connectivity index (χ0n) is 8.60. The Kier molecular flexibility index (Phi) is 3.40. The number of halogens is 3. The van der Waals surface area contributed by atoms with Gasteiger partial charge < -0.3 is 0 Å². The predicted octanol–water partition coefficient (Wildman–Crippen LogP) is 3.50. The molecule has 1 aromatic heterocycles. The van der Waals surface area contributed by atoms with Crippen molar-refractivity contribution in [2.75, 3.05) is 0 Å². The number of nitrogens with zero attached hydrogens (tertiary/aromatic N) is 3. The summed E-state index contributed by atoms with van der Waals surface area (Å²) >= 11 is 11.5. The second-order valence-corrected chi connectivity index (χ2v) is 4.01. The summed E-state index contributed by atoms with van der Waals surface area (Å²) in [7, 11) is 0. The molecule has 8 heteroatoms. The van der Waals surface area contributed by atoms with Gasteiger partial charge in [0.05, 0.1) is 9.95 Å². The van der Waals surface area contributed by atoms with Crippen LogP contribution in [0.4, 0.5) is 10.1 Å². The van der Waals surface area contributed by atoms with Gasteiger partial charge in [-0.3, -0.25) is 10.1 Å². The largest absolute Gasteiger partial charge is 0.332 e. The van der Waals surface area contributed by atoms with E-state index < -0.39 is 16.4 Å². The third kappa shape index (κ3) is 2.25. The van der Waals surface area contributed by atoms with Crippen LogP contribution in [0.1, 0.15) is 0 Å². The molecule has 0 radical (unpaired) electrons. The van der Waals surface area contributed by atoms with Gasteiger partial charge in [0.15, 0.2) is 5.69 Å². The molecule has 5 nitrogen and oxygen atoms in total. The van der Waals surface area contributed by atoms with Crippen molar-refractivity contribution in [2.45, 2.75) is 0 Å². The van der Waals surface area contributed by atoms with Crippen molar-refractivity contribution in [3.05, 3.63) is 50.6 Å². The number of nitro groups is 1. The van der Waals surface area contributed by atoms with E-state index in [0.29, 0.717) is 0 Å². The van der Waals surface area contributed by atoms with Gasteiger partial charge in [-0.1, -0.05) is 23.2 Å². The van der Waals surface area contributed by atoms with Crippen molar-refractivity contribution in [1.82, 2.24) is 9.97 Å². The highest BCUT2D eigenvalue weighted by molar-refractivity contribution is 6.34. The summed E-state index contributed by atoms with van der Waals surface area (Å²) in [6.07, 6.45) is 1.07. The van der Waals surface area contributed by atoms with E-state index >= 15 is 0 Å². The molecule has 92 valence electrons. The van der Waals surface area contributed by atoms with Gasteiger partial charge in [0.2, 0.25) is 5.15 Å². The average molecular weight is 288 g/mol. The van der Waals surface area contributed by atoms with Crippen LogP contribution in [0.25, 0.3) is 11.3 Å². The van der Waals surface area contributed by atoms with Crippen LogP contribution in [0.15, 0.2) is 24.5 Å². The smallest absolute Gasteiger partial charge is 0.258 e. The highest BCUT2D eigenvalue weighted by atomic mass is 35.5. The molecule has 1 heterocycles. The van der Waals surface area contributed by atoms with E-state index in [1.54, 1.807) is 0 Å². The SMILES string of the molecule is O=[N+]([O-])c1c(Cl)ncnc1-c1ccc(F)cc1Cl. The molecule has 0 unspecified atom stereocenters. The van der Waals surface area contributed by atoms with E-state index in [1.165, 1.54) is 6.07 Å². The number of aromatic nitrogens is 2. The summed E-state index contributed by atoms with van der Waals surface area (Å²) in [5, 5.41) is 10.6. The maximum Gasteiger partial charge on any atom is 0.332 e. The molecule has 0 saturated carbocycles. The monoisotopic (exact) mass is 287 g/mol. The van der Waals surface area contributed by atoms with Crippen molar-refractivity contribution in [3.8, 4) is 11.3 Å². The van der Waals surface area contributed by atoms with Crippen LogP contribution in [0, 0.1) is 15.9 Å². The molecule has 0 aliphatic carbocycles. The Labute approximate surface area is 110 Å². The zero-order valence-corrected chi connectivity index (χ0v) is 10.1. The quantitative estimate of drug-likeness (QED) is 0.482. The Balaban J connectivity index is 2.71. The molecule has 0 aliphatic rings. The van der Waals surface area contributed by atoms with E-state index in [2.05, 4.69) is 9.97 Å². The van der Waals surface area contributed by atoms with Gasteiger partial charge >= 0.3 is 5.69 Å². The molecule has 2 rings (SSSR count). The van der Waals surface area contributed by atoms with Gasteiger partial charge in [0.1, 0.15) is 12.1 Å². The van der Waals surface area contributed by atoms with Crippen LogP contribution < -0.4 is 0 Å². The number of hydrogen-bond donors (Lipinski definition) is 0. The van der Waals surface area contributed by atoms with Crippen molar-refractivity contribution in [2.24, 2.45) is 0 Å². The number of benzene rings is 1. The zero-order chi connectivity index (χ0) is 13.3. The van der Waals surface area contributed by atoms with Gasteiger partial charge in [-0.05, 0) is 18.2 Å². The van der Waals surface area contributed by atoms with Crippen molar-refractivity contribution >= 4 is 28.9 Å². The molecule has 0 amide bonds. The van der Waals surface area contributed by atoms with Crippen molar-refractivity contribution in [3.63, 3.8) is 0 Å². The second kappa shape index (κ2) is 4.83. The van der Waals surface area contributed by atoms with Gasteiger partial charge in [0, 0.05) is 5.56 Å². The maximum atomic E-state index is 12.9. The Bertz CT molecular complexity index is 637. The van der Waals surface area contributed by atoms with E-state index in [-0.39, 0.29) is 21.4 Å². The minimum atomic E-state index is -0.711. The molecule has 1 aromatic carbocycles. The lowest BCUT2D eigenvalue weighted by Crippen LogP contribution is -1.98. The van der Waals surface area contributed by atoms with Gasteiger partial charge in [-0.2, -0.15) is 0 Å². The van der Waals surface area contributed by atoms with Crippen LogP contribution >= 0.6 is 23.2 Å². The number of hydrogen-bond acceptors (Lipinski definition) is 4. The molecular weight excluding hydrogens is 284 g/mol. The Morgan fingerprint density at radius 1 is 1.28 bits per heavy atom. The fraction of sp³-hybridized carbons (Fsp3) is 0. The van der Waals surface area contributed by atoms with Crippen molar-refractivity contribution in [1.29, 1.82) is 0 Å². The van der Waals surface area contributed by atoms with Crippen molar-refractivity contribution < 1.29 is 9.31 Å². The first-order valence-electron chi connectivity index (χ1n) is 4.61. The highest BCUT2D eigenvalue weighted by Crippen LogP contribution is 2.36. The molecule has 0 fully saturated rings. The van der Waals surface area contributed by atoms with Crippen LogP contribution in [0.2, 0.25) is 10.2 Å². The van der Waals surface area contributed by atoms with E-state index in [0.717, 1.165) is 18.5 Å². The molecule has 0 atom stereocenters. The molecule has 2 aromatic rings. The van der Waals surface area contributed by atoms with E-state index in [4.69, 9.17) is 23.2 Å². The summed E-state index contributed by atoms with van der Waals surface area (Å²) < 4.78 is 12.9. The van der Waals surface area contributed by atoms with Crippen LogP contribution in [0.5, 0.6) is 0 Å². The van der Waals surface area contributed by atoms with Gasteiger partial charge in [-0.15, -0.1) is 0 Å². The molecule has 0 spiro atoms. The maximum absolute atomic E-state index is 12.9. The third-order valence-corrected chi connectivity index (χ3v) is 2.74. The molecular formula is C10H4Cl2FN3O2. The molecule has 0 N–H and O–H groups in total.